The highest BCUT2D eigenvalue weighted by Gasteiger charge is 2.15. The van der Waals surface area contributed by atoms with Gasteiger partial charge < -0.3 is 19.5 Å². The Balaban J connectivity index is 1.62. The van der Waals surface area contributed by atoms with Crippen LogP contribution in [0.3, 0.4) is 0 Å². The molecule has 0 fully saturated rings. The van der Waals surface area contributed by atoms with Crippen LogP contribution in [0, 0.1) is 0 Å². The average Bonchev–Trinajstić information content (AvgIpc) is 2.92. The lowest BCUT2D eigenvalue weighted by Crippen LogP contribution is -2.14. The zero-order valence-corrected chi connectivity index (χ0v) is 19.6. The molecule has 4 aromatic rings. The molecule has 3 aromatic carbocycles. The molecular weight excluding hydrogens is 440 g/mol. The third kappa shape index (κ3) is 6.06. The Morgan fingerprint density at radius 3 is 2.37 bits per heavy atom. The van der Waals surface area contributed by atoms with Crippen LogP contribution in [-0.4, -0.2) is 25.1 Å². The zero-order valence-electron chi connectivity index (χ0n) is 19.6. The first kappa shape index (κ1) is 23.6. The van der Waals surface area contributed by atoms with Gasteiger partial charge in [0.2, 0.25) is 0 Å². The Bertz CT molecular complexity index is 1300. The lowest BCUT2D eigenvalue weighted by Gasteiger charge is -2.14. The van der Waals surface area contributed by atoms with Gasteiger partial charge in [0.25, 0.3) is 5.91 Å². The fraction of sp³-hybridized carbons (Fsp3) is 0.103. The van der Waals surface area contributed by atoms with E-state index in [2.05, 4.69) is 10.3 Å². The molecule has 0 spiro atoms. The Labute approximate surface area is 204 Å². The maximum atomic E-state index is 13.5. The minimum atomic E-state index is -0.259. The third-order valence-electron chi connectivity index (χ3n) is 5.31. The Kier molecular flexibility index (Phi) is 7.76. The number of nitrogens with one attached hydrogen (secondary N) is 1. The molecule has 0 saturated carbocycles. The number of hydrogen-bond donors (Lipinski definition) is 1. The number of amides is 1. The first-order valence-corrected chi connectivity index (χ1v) is 11.1. The zero-order chi connectivity index (χ0) is 24.5. The molecule has 1 aromatic heterocycles. The average molecular weight is 467 g/mol. The smallest absolute Gasteiger partial charge is 0.256 e. The minimum Gasteiger partial charge on any atom is -0.496 e. The first-order valence-electron chi connectivity index (χ1n) is 11.1. The van der Waals surface area contributed by atoms with Crippen molar-refractivity contribution in [3.05, 3.63) is 114 Å². The molecule has 1 amide bonds. The number of pyridine rings is 1. The van der Waals surface area contributed by atoms with Crippen molar-refractivity contribution < 1.29 is 19.0 Å². The molecule has 4 rings (SSSR count). The van der Waals surface area contributed by atoms with E-state index in [9.17, 15) is 4.79 Å². The lowest BCUT2D eigenvalue weighted by molar-refractivity contribution is -0.111. The standard InChI is InChI=1S/C29H26N2O4/c1-33-26-13-7-6-12-23(26)17-25(22-10-4-3-5-11-22)29(32)31-24-14-15-27(34-2)28(18-24)35-20-21-9-8-16-30-19-21/h3-19H,20H2,1-2H3,(H,31,32). The summed E-state index contributed by atoms with van der Waals surface area (Å²) in [6.07, 6.45) is 5.28. The van der Waals surface area contributed by atoms with Gasteiger partial charge in [-0.3, -0.25) is 9.78 Å². The van der Waals surface area contributed by atoms with Crippen LogP contribution in [0.1, 0.15) is 16.7 Å². The quantitative estimate of drug-likeness (QED) is 0.247. The van der Waals surface area contributed by atoms with Gasteiger partial charge in [-0.05, 0) is 35.9 Å². The monoisotopic (exact) mass is 466 g/mol. The molecule has 6 nitrogen and oxygen atoms in total. The molecule has 0 atom stereocenters. The molecule has 0 radical (unpaired) electrons. The molecule has 0 aliphatic heterocycles. The van der Waals surface area contributed by atoms with Crippen LogP contribution in [0.4, 0.5) is 5.69 Å². The highest BCUT2D eigenvalue weighted by atomic mass is 16.5. The normalized spacial score (nSPS) is 11.0. The maximum absolute atomic E-state index is 13.5. The van der Waals surface area contributed by atoms with Crippen LogP contribution in [0.2, 0.25) is 0 Å². The summed E-state index contributed by atoms with van der Waals surface area (Å²) in [6, 6.07) is 26.2. The van der Waals surface area contributed by atoms with Crippen LogP contribution in [-0.2, 0) is 11.4 Å². The van der Waals surface area contributed by atoms with E-state index in [1.54, 1.807) is 44.8 Å². The van der Waals surface area contributed by atoms with Crippen molar-refractivity contribution in [2.45, 2.75) is 6.61 Å². The molecular formula is C29H26N2O4. The van der Waals surface area contributed by atoms with Gasteiger partial charge in [0.05, 0.1) is 14.2 Å². The molecule has 1 heterocycles. The van der Waals surface area contributed by atoms with E-state index in [0.29, 0.717) is 35.1 Å². The summed E-state index contributed by atoms with van der Waals surface area (Å²) < 4.78 is 16.9. The Morgan fingerprint density at radius 1 is 0.857 bits per heavy atom. The van der Waals surface area contributed by atoms with Crippen molar-refractivity contribution in [2.75, 3.05) is 19.5 Å². The summed E-state index contributed by atoms with van der Waals surface area (Å²) in [5.74, 6) is 1.51. The SMILES string of the molecule is COc1ccccc1C=C(C(=O)Nc1ccc(OC)c(OCc2cccnc2)c1)c1ccccc1. The number of benzene rings is 3. The van der Waals surface area contributed by atoms with E-state index in [4.69, 9.17) is 14.2 Å². The summed E-state index contributed by atoms with van der Waals surface area (Å²) in [5, 5.41) is 2.99. The van der Waals surface area contributed by atoms with Gasteiger partial charge in [-0.25, -0.2) is 0 Å². The molecule has 176 valence electrons. The largest absolute Gasteiger partial charge is 0.496 e. The second-order valence-electron chi connectivity index (χ2n) is 7.64. The van der Waals surface area contributed by atoms with Crippen LogP contribution in [0.25, 0.3) is 11.6 Å². The molecule has 6 heteroatoms. The number of carbonyl (C=O) groups is 1. The van der Waals surface area contributed by atoms with Crippen molar-refractivity contribution in [3.63, 3.8) is 0 Å². The number of nitrogens with zero attached hydrogens (tertiary/aromatic N) is 1. The van der Waals surface area contributed by atoms with Crippen molar-refractivity contribution in [1.82, 2.24) is 4.98 Å². The van der Waals surface area contributed by atoms with E-state index in [0.717, 1.165) is 16.7 Å². The summed E-state index contributed by atoms with van der Waals surface area (Å²) >= 11 is 0. The summed E-state index contributed by atoms with van der Waals surface area (Å²) in [4.78, 5) is 17.6. The highest BCUT2D eigenvalue weighted by Crippen LogP contribution is 2.32. The van der Waals surface area contributed by atoms with E-state index >= 15 is 0 Å². The van der Waals surface area contributed by atoms with Crippen molar-refractivity contribution in [2.24, 2.45) is 0 Å². The van der Waals surface area contributed by atoms with E-state index in [1.165, 1.54) is 0 Å². The molecule has 0 aliphatic rings. The second kappa shape index (κ2) is 11.5. The van der Waals surface area contributed by atoms with Gasteiger partial charge in [-0.2, -0.15) is 0 Å². The predicted molar refractivity (Wildman–Crippen MR) is 137 cm³/mol. The Morgan fingerprint density at radius 2 is 1.63 bits per heavy atom. The number of ether oxygens (including phenoxy) is 3. The molecule has 0 bridgehead atoms. The number of hydrogen-bond acceptors (Lipinski definition) is 5. The highest BCUT2D eigenvalue weighted by molar-refractivity contribution is 6.29. The van der Waals surface area contributed by atoms with Gasteiger partial charge in [0.1, 0.15) is 12.4 Å². The topological polar surface area (TPSA) is 69.7 Å². The number of anilines is 1. The minimum absolute atomic E-state index is 0.259. The fourth-order valence-corrected chi connectivity index (χ4v) is 3.55. The van der Waals surface area contributed by atoms with E-state index in [1.807, 2.05) is 72.8 Å². The third-order valence-corrected chi connectivity index (χ3v) is 5.31. The molecule has 0 saturated heterocycles. The van der Waals surface area contributed by atoms with E-state index < -0.39 is 0 Å². The van der Waals surface area contributed by atoms with Gasteiger partial charge >= 0.3 is 0 Å². The van der Waals surface area contributed by atoms with Crippen LogP contribution in [0.15, 0.2) is 97.3 Å². The van der Waals surface area contributed by atoms with Gasteiger partial charge in [0, 0.05) is 40.8 Å². The molecule has 0 aliphatic carbocycles. The van der Waals surface area contributed by atoms with Gasteiger partial charge in [0.15, 0.2) is 11.5 Å². The van der Waals surface area contributed by atoms with Crippen molar-refractivity contribution >= 4 is 23.2 Å². The van der Waals surface area contributed by atoms with Crippen molar-refractivity contribution in [1.29, 1.82) is 0 Å². The second-order valence-corrected chi connectivity index (χ2v) is 7.64. The van der Waals surface area contributed by atoms with Crippen LogP contribution in [0.5, 0.6) is 17.2 Å². The van der Waals surface area contributed by atoms with Gasteiger partial charge in [-0.1, -0.05) is 54.6 Å². The predicted octanol–water partition coefficient (Wildman–Crippen LogP) is 5.86. The summed E-state index contributed by atoms with van der Waals surface area (Å²) in [7, 11) is 3.19. The Hall–Kier alpha value is -4.58. The van der Waals surface area contributed by atoms with Gasteiger partial charge in [-0.15, -0.1) is 0 Å². The number of para-hydroxylation sites is 1. The molecule has 0 unspecified atom stereocenters. The van der Waals surface area contributed by atoms with Crippen LogP contribution < -0.4 is 19.5 Å². The first-order chi connectivity index (χ1) is 17.2. The summed E-state index contributed by atoms with van der Waals surface area (Å²) in [6.45, 7) is 0.324. The maximum Gasteiger partial charge on any atom is 0.256 e. The summed E-state index contributed by atoms with van der Waals surface area (Å²) in [5.41, 5.74) is 3.61. The number of aromatic nitrogens is 1. The molecule has 35 heavy (non-hydrogen) atoms. The van der Waals surface area contributed by atoms with E-state index in [-0.39, 0.29) is 5.91 Å². The van der Waals surface area contributed by atoms with Crippen LogP contribution >= 0.6 is 0 Å². The molecule has 1 N–H and O–H groups in total. The number of carbonyl (C=O) groups excluding carboxylic acids is 1. The number of methoxy groups -OCH3 is 2. The fourth-order valence-electron chi connectivity index (χ4n) is 3.55. The lowest BCUT2D eigenvalue weighted by atomic mass is 10.0. The van der Waals surface area contributed by atoms with Crippen molar-refractivity contribution in [3.8, 4) is 17.2 Å². The number of rotatable bonds is 9.